The zero-order valence-corrected chi connectivity index (χ0v) is 23.0. The van der Waals surface area contributed by atoms with Gasteiger partial charge in [-0.05, 0) is 56.8 Å². The number of carbonyl (C=O) groups excluding carboxylic acids is 1. The van der Waals surface area contributed by atoms with E-state index in [0.29, 0.717) is 57.0 Å². The third-order valence-corrected chi connectivity index (χ3v) is 8.63. The van der Waals surface area contributed by atoms with E-state index in [1.165, 1.54) is 32.1 Å². The number of likely N-dealkylation sites (tertiary alicyclic amines) is 1. The van der Waals surface area contributed by atoms with Crippen LogP contribution in [0.25, 0.3) is 0 Å². The van der Waals surface area contributed by atoms with Crippen molar-refractivity contribution in [3.63, 3.8) is 0 Å². The summed E-state index contributed by atoms with van der Waals surface area (Å²) in [5, 5.41) is 15.2. The number of carbonyl (C=O) groups is 1. The summed E-state index contributed by atoms with van der Waals surface area (Å²) in [6, 6.07) is -0.203. The fraction of sp³-hybridized carbons (Fsp3) is 0.821. The number of piperidine rings is 1. The minimum absolute atomic E-state index is 0.0474. The summed E-state index contributed by atoms with van der Waals surface area (Å²) in [6.07, 6.45) is 12.9. The number of nitrogens with zero attached hydrogens (tertiary/aromatic N) is 1. The number of unbranched alkanes of at least 4 members (excludes halogenated alkanes) is 1. The van der Waals surface area contributed by atoms with E-state index >= 15 is 4.39 Å². The van der Waals surface area contributed by atoms with Crippen LogP contribution in [0.1, 0.15) is 84.0 Å². The second-order valence-electron chi connectivity index (χ2n) is 11.3. The van der Waals surface area contributed by atoms with E-state index in [-0.39, 0.29) is 28.9 Å². The van der Waals surface area contributed by atoms with Crippen molar-refractivity contribution in [3.8, 4) is 0 Å². The maximum Gasteiger partial charge on any atom is 0.317 e. The van der Waals surface area contributed by atoms with Gasteiger partial charge in [-0.3, -0.25) is 0 Å². The Kier molecular flexibility index (Phi) is 11.5. The lowest BCUT2D eigenvalue weighted by Crippen LogP contribution is -2.54. The van der Waals surface area contributed by atoms with Gasteiger partial charge in [-0.1, -0.05) is 56.7 Å². The number of hydrogen-bond donors (Lipinski definition) is 3. The number of nitrogens with two attached hydrogens (primary N) is 1. The molecule has 8 heteroatoms. The average Bonchev–Trinajstić information content (AvgIpc) is 2.88. The summed E-state index contributed by atoms with van der Waals surface area (Å²) in [4.78, 5) is 14.8. The Morgan fingerprint density at radius 1 is 1.31 bits per heavy atom. The highest BCUT2D eigenvalue weighted by Crippen LogP contribution is 2.45. The molecule has 3 aliphatic rings. The van der Waals surface area contributed by atoms with Gasteiger partial charge in [0.2, 0.25) is 0 Å². The molecule has 3 rings (SSSR count). The number of hydrogen-bond acceptors (Lipinski definition) is 4. The number of allylic oxidation sites excluding steroid dienone is 2. The molecule has 0 aromatic rings. The van der Waals surface area contributed by atoms with Crippen LogP contribution in [0, 0.1) is 17.8 Å². The second kappa shape index (κ2) is 14.1. The Balaban J connectivity index is 1.65. The van der Waals surface area contributed by atoms with Gasteiger partial charge in [-0.15, -0.1) is 0 Å². The third-order valence-electron chi connectivity index (χ3n) is 8.31. The maximum absolute atomic E-state index is 15.3. The lowest BCUT2D eigenvalue weighted by Gasteiger charge is -2.44. The topological polar surface area (TPSA) is 87.8 Å². The molecule has 0 aromatic heterocycles. The van der Waals surface area contributed by atoms with Gasteiger partial charge in [0.15, 0.2) is 0 Å². The predicted molar refractivity (Wildman–Crippen MR) is 143 cm³/mol. The van der Waals surface area contributed by atoms with Gasteiger partial charge in [0, 0.05) is 50.9 Å². The Labute approximate surface area is 221 Å². The van der Waals surface area contributed by atoms with Crippen molar-refractivity contribution in [2.75, 3.05) is 33.4 Å². The summed E-state index contributed by atoms with van der Waals surface area (Å²) in [5.41, 5.74) is 5.26. The second-order valence-corrected chi connectivity index (χ2v) is 11.8. The molecular formula is C28H47ClFN3O3. The predicted octanol–water partition coefficient (Wildman–Crippen LogP) is 5.64. The van der Waals surface area contributed by atoms with Crippen LogP contribution in [-0.4, -0.2) is 61.0 Å². The normalized spacial score (nSPS) is 26.4. The summed E-state index contributed by atoms with van der Waals surface area (Å²) in [7, 11) is 1.65. The first kappa shape index (κ1) is 29.4. The Bertz CT molecular complexity index is 786. The van der Waals surface area contributed by atoms with Crippen LogP contribution in [-0.2, 0) is 4.74 Å². The quantitative estimate of drug-likeness (QED) is 0.303. The lowest BCUT2D eigenvalue weighted by atomic mass is 9.71. The van der Waals surface area contributed by atoms with Crippen molar-refractivity contribution < 1.29 is 19.0 Å². The third kappa shape index (κ3) is 7.92. The van der Waals surface area contributed by atoms with Crippen LogP contribution in [0.15, 0.2) is 22.5 Å². The summed E-state index contributed by atoms with van der Waals surface area (Å²) in [6.45, 7) is 4.02. The zero-order chi connectivity index (χ0) is 26.1. The van der Waals surface area contributed by atoms with E-state index in [1.807, 2.05) is 13.0 Å². The van der Waals surface area contributed by atoms with Crippen LogP contribution in [0.3, 0.4) is 0 Å². The molecule has 2 aliphatic carbocycles. The lowest BCUT2D eigenvalue weighted by molar-refractivity contribution is -0.0212. The average molecular weight is 528 g/mol. The molecule has 0 bridgehead atoms. The summed E-state index contributed by atoms with van der Waals surface area (Å²) in [5.74, 6) is -0.0632. The fourth-order valence-corrected chi connectivity index (χ4v) is 6.63. The smallest absolute Gasteiger partial charge is 0.317 e. The van der Waals surface area contributed by atoms with Gasteiger partial charge in [0.05, 0.1) is 10.6 Å². The van der Waals surface area contributed by atoms with Crippen LogP contribution >= 0.6 is 11.6 Å². The van der Waals surface area contributed by atoms with Crippen LogP contribution in [0.2, 0.25) is 0 Å². The Morgan fingerprint density at radius 3 is 2.78 bits per heavy atom. The summed E-state index contributed by atoms with van der Waals surface area (Å²) < 4.78 is 20.5. The van der Waals surface area contributed by atoms with Crippen molar-refractivity contribution in [1.29, 1.82) is 0 Å². The summed E-state index contributed by atoms with van der Waals surface area (Å²) >= 11 is 6.25. The highest BCUT2D eigenvalue weighted by Gasteiger charge is 2.45. The van der Waals surface area contributed by atoms with E-state index in [4.69, 9.17) is 22.1 Å². The first-order valence-corrected chi connectivity index (χ1v) is 14.4. The van der Waals surface area contributed by atoms with Crippen LogP contribution in [0.5, 0.6) is 0 Å². The van der Waals surface area contributed by atoms with Crippen molar-refractivity contribution in [2.24, 2.45) is 23.5 Å². The fourth-order valence-electron chi connectivity index (χ4n) is 6.28. The monoisotopic (exact) mass is 527 g/mol. The molecule has 0 radical (unpaired) electrons. The van der Waals surface area contributed by atoms with Crippen molar-refractivity contribution in [3.05, 3.63) is 22.5 Å². The van der Waals surface area contributed by atoms with Gasteiger partial charge in [0.1, 0.15) is 5.83 Å². The van der Waals surface area contributed by atoms with Crippen molar-refractivity contribution in [1.82, 2.24) is 10.2 Å². The van der Waals surface area contributed by atoms with Crippen LogP contribution in [0.4, 0.5) is 9.18 Å². The molecule has 2 fully saturated rings. The van der Waals surface area contributed by atoms with E-state index in [2.05, 4.69) is 5.32 Å². The molecular weight excluding hydrogens is 481 g/mol. The number of aliphatic hydroxyl groups is 1. The number of methoxy groups -OCH3 is 1. The molecule has 6 nitrogen and oxygen atoms in total. The highest BCUT2D eigenvalue weighted by molar-refractivity contribution is 6.30. The Morgan fingerprint density at radius 2 is 2.06 bits per heavy atom. The zero-order valence-electron chi connectivity index (χ0n) is 22.2. The molecule has 1 aliphatic heterocycles. The SMILES string of the molecule is COCCCC[C@@](O)(C1=CC(C)CC(Cl)=C1F)[C@@H]1CCCN(C(=O)NC[C@@H](N)CC2CCCCC2)C1. The molecule has 4 atom stereocenters. The standard InChI is InChI=1S/C28H47ClFN3O3/c1-20-15-24(26(30)25(29)16-20)28(35,12-6-7-14-36-2)22-11-8-13-33(19-22)27(34)32-18-23(31)17-21-9-4-3-5-10-21/h15,20-23,35H,3-14,16-19,31H2,1-2H3,(H,32,34)/t20?,22-,23+,28+/m1/s1. The molecule has 36 heavy (non-hydrogen) atoms. The van der Waals surface area contributed by atoms with Crippen molar-refractivity contribution >= 4 is 17.6 Å². The van der Waals surface area contributed by atoms with E-state index in [9.17, 15) is 9.90 Å². The van der Waals surface area contributed by atoms with Gasteiger partial charge in [0.25, 0.3) is 0 Å². The Hall–Kier alpha value is -1.15. The minimum atomic E-state index is -1.39. The van der Waals surface area contributed by atoms with Gasteiger partial charge >= 0.3 is 6.03 Å². The number of halogens is 2. The number of amides is 2. The number of urea groups is 1. The molecule has 0 aromatic carbocycles. The van der Waals surface area contributed by atoms with E-state index < -0.39 is 11.4 Å². The number of nitrogens with one attached hydrogen (secondary N) is 1. The van der Waals surface area contributed by atoms with Crippen LogP contribution < -0.4 is 11.1 Å². The van der Waals surface area contributed by atoms with Gasteiger partial charge in [-0.2, -0.15) is 0 Å². The minimum Gasteiger partial charge on any atom is -0.385 e. The van der Waals surface area contributed by atoms with Gasteiger partial charge < -0.3 is 25.8 Å². The van der Waals surface area contributed by atoms with Crippen molar-refractivity contribution in [2.45, 2.75) is 95.6 Å². The molecule has 1 saturated heterocycles. The van der Waals surface area contributed by atoms with E-state index in [1.54, 1.807) is 12.0 Å². The largest absolute Gasteiger partial charge is 0.385 e. The number of rotatable bonds is 11. The highest BCUT2D eigenvalue weighted by atomic mass is 35.5. The first-order chi connectivity index (χ1) is 17.2. The number of ether oxygens (including phenoxy) is 1. The molecule has 1 unspecified atom stereocenters. The molecule has 4 N–H and O–H groups in total. The molecule has 0 spiro atoms. The molecule has 206 valence electrons. The van der Waals surface area contributed by atoms with E-state index in [0.717, 1.165) is 25.7 Å². The van der Waals surface area contributed by atoms with Gasteiger partial charge in [-0.25, -0.2) is 9.18 Å². The maximum atomic E-state index is 15.3. The molecule has 2 amide bonds. The first-order valence-electron chi connectivity index (χ1n) is 14.0. The molecule has 1 heterocycles. The molecule has 1 saturated carbocycles.